The van der Waals surface area contributed by atoms with Crippen LogP contribution in [0, 0.1) is 6.92 Å². The zero-order valence-electron chi connectivity index (χ0n) is 14.3. The van der Waals surface area contributed by atoms with Crippen molar-refractivity contribution in [3.63, 3.8) is 0 Å². The molecule has 7 heteroatoms. The molecule has 0 fully saturated rings. The van der Waals surface area contributed by atoms with Crippen LogP contribution in [0.25, 0.3) is 11.5 Å². The van der Waals surface area contributed by atoms with Crippen molar-refractivity contribution < 1.29 is 18.7 Å². The van der Waals surface area contributed by atoms with Crippen molar-refractivity contribution in [2.45, 2.75) is 20.0 Å². The van der Waals surface area contributed by atoms with E-state index in [0.29, 0.717) is 16.7 Å². The van der Waals surface area contributed by atoms with E-state index < -0.39 is 12.1 Å². The van der Waals surface area contributed by atoms with Gasteiger partial charge in [-0.25, -0.2) is 4.79 Å². The van der Waals surface area contributed by atoms with Gasteiger partial charge in [0.2, 0.25) is 5.89 Å². The minimum Gasteiger partial charge on any atom is -0.482 e. The number of benzene rings is 2. The number of rotatable bonds is 6. The number of hydrogen-bond acceptors (Lipinski definition) is 6. The predicted molar refractivity (Wildman–Crippen MR) is 95.9 cm³/mol. The molecular formula is C19H17ClN2O4. The third-order valence-electron chi connectivity index (χ3n) is 3.60. The van der Waals surface area contributed by atoms with Gasteiger partial charge in [0, 0.05) is 10.6 Å². The van der Waals surface area contributed by atoms with E-state index in [0.717, 1.165) is 11.1 Å². The molecule has 0 spiro atoms. The Balaban J connectivity index is 1.56. The minimum absolute atomic E-state index is 0.222. The number of aromatic nitrogens is 2. The summed E-state index contributed by atoms with van der Waals surface area (Å²) < 4.78 is 16.3. The van der Waals surface area contributed by atoms with Crippen molar-refractivity contribution in [2.75, 3.05) is 6.61 Å². The first-order chi connectivity index (χ1) is 12.5. The van der Waals surface area contributed by atoms with E-state index in [4.69, 9.17) is 25.5 Å². The molecule has 0 saturated carbocycles. The van der Waals surface area contributed by atoms with Crippen LogP contribution in [0.1, 0.15) is 24.5 Å². The van der Waals surface area contributed by atoms with Crippen LogP contribution in [0.2, 0.25) is 5.02 Å². The number of carbonyl (C=O) groups excluding carboxylic acids is 1. The Morgan fingerprint density at radius 2 is 1.96 bits per heavy atom. The molecule has 1 heterocycles. The number of esters is 1. The Morgan fingerprint density at radius 1 is 1.19 bits per heavy atom. The van der Waals surface area contributed by atoms with Gasteiger partial charge in [0.25, 0.3) is 5.89 Å². The molecule has 3 rings (SSSR count). The van der Waals surface area contributed by atoms with Gasteiger partial charge < -0.3 is 13.9 Å². The fourth-order valence-corrected chi connectivity index (χ4v) is 2.34. The van der Waals surface area contributed by atoms with Crippen molar-refractivity contribution >= 4 is 17.6 Å². The number of halogens is 1. The summed E-state index contributed by atoms with van der Waals surface area (Å²) in [5.74, 6) is 0.598. The number of carbonyl (C=O) groups is 1. The quantitative estimate of drug-likeness (QED) is 0.598. The van der Waals surface area contributed by atoms with E-state index >= 15 is 0 Å². The Bertz CT molecular complexity index is 896. The van der Waals surface area contributed by atoms with Gasteiger partial charge in [0.15, 0.2) is 12.7 Å². The van der Waals surface area contributed by atoms with Crippen LogP contribution in [-0.2, 0) is 9.53 Å². The van der Waals surface area contributed by atoms with Crippen LogP contribution in [0.15, 0.2) is 52.9 Å². The van der Waals surface area contributed by atoms with Crippen LogP contribution in [0.5, 0.6) is 5.75 Å². The number of ether oxygens (including phenoxy) is 2. The standard InChI is InChI=1S/C19H17ClN2O4/c1-12-10-15(8-9-16(12)20)24-11-17(23)25-13(2)18-21-22-19(26-18)14-6-4-3-5-7-14/h3-10,13H,11H2,1-2H3. The van der Waals surface area contributed by atoms with E-state index in [9.17, 15) is 4.79 Å². The molecule has 0 radical (unpaired) electrons. The van der Waals surface area contributed by atoms with Crippen molar-refractivity contribution in [2.24, 2.45) is 0 Å². The molecule has 0 aliphatic heterocycles. The second-order valence-corrected chi connectivity index (χ2v) is 6.05. The Labute approximate surface area is 155 Å². The van der Waals surface area contributed by atoms with Crippen molar-refractivity contribution in [1.82, 2.24) is 10.2 Å². The smallest absolute Gasteiger partial charge is 0.344 e. The molecule has 3 aromatic rings. The van der Waals surface area contributed by atoms with Crippen LogP contribution < -0.4 is 4.74 Å². The molecular weight excluding hydrogens is 356 g/mol. The lowest BCUT2D eigenvalue weighted by atomic mass is 10.2. The van der Waals surface area contributed by atoms with E-state index in [1.54, 1.807) is 25.1 Å². The molecule has 1 aromatic heterocycles. The van der Waals surface area contributed by atoms with Gasteiger partial charge >= 0.3 is 5.97 Å². The van der Waals surface area contributed by atoms with Gasteiger partial charge in [0.1, 0.15) is 5.75 Å². The van der Waals surface area contributed by atoms with Gasteiger partial charge in [-0.15, -0.1) is 10.2 Å². The van der Waals surface area contributed by atoms with Crippen molar-refractivity contribution in [3.8, 4) is 17.2 Å². The average molecular weight is 373 g/mol. The first-order valence-corrected chi connectivity index (χ1v) is 8.38. The van der Waals surface area contributed by atoms with Gasteiger partial charge in [-0.1, -0.05) is 29.8 Å². The van der Waals surface area contributed by atoms with Gasteiger partial charge in [-0.2, -0.15) is 0 Å². The van der Waals surface area contributed by atoms with E-state index in [-0.39, 0.29) is 12.5 Å². The molecule has 1 unspecified atom stereocenters. The zero-order chi connectivity index (χ0) is 18.5. The van der Waals surface area contributed by atoms with Crippen LogP contribution >= 0.6 is 11.6 Å². The molecule has 0 amide bonds. The molecule has 26 heavy (non-hydrogen) atoms. The first-order valence-electron chi connectivity index (χ1n) is 8.00. The molecule has 2 aromatic carbocycles. The fraction of sp³-hybridized carbons (Fsp3) is 0.211. The molecule has 0 aliphatic carbocycles. The summed E-state index contributed by atoms with van der Waals surface area (Å²) in [5, 5.41) is 8.55. The SMILES string of the molecule is Cc1cc(OCC(=O)OC(C)c2nnc(-c3ccccc3)o2)ccc1Cl. The second-order valence-electron chi connectivity index (χ2n) is 5.64. The Morgan fingerprint density at radius 3 is 2.69 bits per heavy atom. The summed E-state index contributed by atoms with van der Waals surface area (Å²) in [6, 6.07) is 14.5. The van der Waals surface area contributed by atoms with Crippen LogP contribution in [0.4, 0.5) is 0 Å². The predicted octanol–water partition coefficient (Wildman–Crippen LogP) is 4.38. The fourth-order valence-electron chi connectivity index (χ4n) is 2.23. The highest BCUT2D eigenvalue weighted by atomic mass is 35.5. The van der Waals surface area contributed by atoms with Gasteiger partial charge in [0.05, 0.1) is 0 Å². The van der Waals surface area contributed by atoms with E-state index in [2.05, 4.69) is 10.2 Å². The summed E-state index contributed by atoms with van der Waals surface area (Å²) in [5.41, 5.74) is 1.66. The van der Waals surface area contributed by atoms with Gasteiger partial charge in [-0.05, 0) is 49.7 Å². The molecule has 0 N–H and O–H groups in total. The molecule has 1 atom stereocenters. The largest absolute Gasteiger partial charge is 0.482 e. The lowest BCUT2D eigenvalue weighted by molar-refractivity contribution is -0.152. The average Bonchev–Trinajstić information content (AvgIpc) is 3.14. The second kappa shape index (κ2) is 8.01. The van der Waals surface area contributed by atoms with Crippen molar-refractivity contribution in [3.05, 3.63) is 65.0 Å². The molecule has 134 valence electrons. The maximum Gasteiger partial charge on any atom is 0.344 e. The maximum atomic E-state index is 12.0. The zero-order valence-corrected chi connectivity index (χ0v) is 15.1. The third kappa shape index (κ3) is 4.40. The molecule has 6 nitrogen and oxygen atoms in total. The summed E-state index contributed by atoms with van der Waals surface area (Å²) in [6.07, 6.45) is -0.678. The summed E-state index contributed by atoms with van der Waals surface area (Å²) >= 11 is 5.96. The highest BCUT2D eigenvalue weighted by Crippen LogP contribution is 2.23. The van der Waals surface area contributed by atoms with E-state index in [1.165, 1.54) is 0 Å². The van der Waals surface area contributed by atoms with Crippen molar-refractivity contribution in [1.29, 1.82) is 0 Å². The lowest BCUT2D eigenvalue weighted by Gasteiger charge is -2.11. The normalized spacial score (nSPS) is 11.8. The topological polar surface area (TPSA) is 74.5 Å². The molecule has 0 bridgehead atoms. The summed E-state index contributed by atoms with van der Waals surface area (Å²) in [7, 11) is 0. The third-order valence-corrected chi connectivity index (χ3v) is 4.03. The van der Waals surface area contributed by atoms with E-state index in [1.807, 2.05) is 37.3 Å². The number of aryl methyl sites for hydroxylation is 1. The number of nitrogens with zero attached hydrogens (tertiary/aromatic N) is 2. The molecule has 0 saturated heterocycles. The molecule has 0 aliphatic rings. The number of hydrogen-bond donors (Lipinski definition) is 0. The minimum atomic E-state index is -0.678. The maximum absolute atomic E-state index is 12.0. The van der Waals surface area contributed by atoms with Crippen LogP contribution in [-0.4, -0.2) is 22.8 Å². The highest BCUT2D eigenvalue weighted by molar-refractivity contribution is 6.31. The first kappa shape index (κ1) is 17.9. The highest BCUT2D eigenvalue weighted by Gasteiger charge is 2.19. The monoisotopic (exact) mass is 372 g/mol. The Kier molecular flexibility index (Phi) is 5.53. The lowest BCUT2D eigenvalue weighted by Crippen LogP contribution is -2.17. The summed E-state index contributed by atoms with van der Waals surface area (Å²) in [6.45, 7) is 3.28. The van der Waals surface area contributed by atoms with Gasteiger partial charge in [-0.3, -0.25) is 0 Å². The van der Waals surface area contributed by atoms with Crippen LogP contribution in [0.3, 0.4) is 0 Å². The summed E-state index contributed by atoms with van der Waals surface area (Å²) in [4.78, 5) is 12.0. The Hall–Kier alpha value is -2.86.